The smallest absolute Gasteiger partial charge is 0.0951 e. The molecule has 0 amide bonds. The standard InChI is InChI=1S/C20H31N3O/c1-21-9-5-4-7-17(21)15-22-10-12-23(13-11-22)19-14-16-6-2-3-8-18(16)20(19)24/h2-3,6,8,17,19-20,24H,4-5,7,9-15H2,1H3. The molecule has 0 bridgehead atoms. The van der Waals surface area contributed by atoms with Crippen LogP contribution in [0.2, 0.25) is 0 Å². The Hall–Kier alpha value is -0.940. The zero-order valence-corrected chi connectivity index (χ0v) is 14.9. The van der Waals surface area contributed by atoms with Crippen LogP contribution in [0.5, 0.6) is 0 Å². The molecule has 2 fully saturated rings. The summed E-state index contributed by atoms with van der Waals surface area (Å²) < 4.78 is 0. The van der Waals surface area contributed by atoms with Gasteiger partial charge in [0, 0.05) is 44.8 Å². The van der Waals surface area contributed by atoms with E-state index in [1.165, 1.54) is 37.9 Å². The van der Waals surface area contributed by atoms with Crippen molar-refractivity contribution in [1.82, 2.24) is 14.7 Å². The fraction of sp³-hybridized carbons (Fsp3) is 0.700. The largest absolute Gasteiger partial charge is 0.387 e. The predicted octanol–water partition coefficient (Wildman–Crippen LogP) is 1.75. The number of aliphatic hydroxyl groups is 1. The van der Waals surface area contributed by atoms with Gasteiger partial charge in [0.1, 0.15) is 0 Å². The van der Waals surface area contributed by atoms with Gasteiger partial charge in [-0.25, -0.2) is 0 Å². The summed E-state index contributed by atoms with van der Waals surface area (Å²) >= 11 is 0. The number of piperidine rings is 1. The second kappa shape index (κ2) is 7.12. The van der Waals surface area contributed by atoms with Gasteiger partial charge in [0.15, 0.2) is 0 Å². The van der Waals surface area contributed by atoms with Crippen LogP contribution >= 0.6 is 0 Å². The van der Waals surface area contributed by atoms with E-state index in [1.807, 2.05) is 6.07 Å². The summed E-state index contributed by atoms with van der Waals surface area (Å²) in [5, 5.41) is 10.7. The Morgan fingerprint density at radius 3 is 2.58 bits per heavy atom. The highest BCUT2D eigenvalue weighted by Gasteiger charge is 2.36. The molecular formula is C20H31N3O. The van der Waals surface area contributed by atoms with Crippen molar-refractivity contribution in [1.29, 1.82) is 0 Å². The SMILES string of the molecule is CN1CCCCC1CN1CCN(C2Cc3ccccc3C2O)CC1. The molecule has 2 saturated heterocycles. The lowest BCUT2D eigenvalue weighted by Crippen LogP contribution is -2.54. The molecule has 4 rings (SSSR count). The van der Waals surface area contributed by atoms with Crippen LogP contribution in [0.3, 0.4) is 0 Å². The minimum atomic E-state index is -0.308. The Kier molecular flexibility index (Phi) is 4.90. The van der Waals surface area contributed by atoms with E-state index in [1.54, 1.807) is 0 Å². The first kappa shape index (κ1) is 16.5. The van der Waals surface area contributed by atoms with Crippen LogP contribution in [-0.2, 0) is 6.42 Å². The Morgan fingerprint density at radius 1 is 1.04 bits per heavy atom. The fourth-order valence-electron chi connectivity index (χ4n) is 4.83. The minimum absolute atomic E-state index is 0.280. The van der Waals surface area contributed by atoms with E-state index in [0.29, 0.717) is 0 Å². The highest BCUT2D eigenvalue weighted by molar-refractivity contribution is 5.35. The van der Waals surface area contributed by atoms with Crippen LogP contribution in [0.4, 0.5) is 0 Å². The van der Waals surface area contributed by atoms with Gasteiger partial charge in [-0.1, -0.05) is 30.7 Å². The van der Waals surface area contributed by atoms with Crippen molar-refractivity contribution in [2.75, 3.05) is 46.3 Å². The van der Waals surface area contributed by atoms with Crippen molar-refractivity contribution in [3.05, 3.63) is 35.4 Å². The first-order valence-corrected chi connectivity index (χ1v) is 9.65. The summed E-state index contributed by atoms with van der Waals surface area (Å²) in [5.41, 5.74) is 2.48. The number of likely N-dealkylation sites (tertiary alicyclic amines) is 1. The van der Waals surface area contributed by atoms with Gasteiger partial charge in [-0.3, -0.25) is 9.80 Å². The number of fused-ring (bicyclic) bond motifs is 1. The zero-order chi connectivity index (χ0) is 16.5. The monoisotopic (exact) mass is 329 g/mol. The molecule has 1 aliphatic carbocycles. The van der Waals surface area contributed by atoms with Gasteiger partial charge < -0.3 is 10.0 Å². The number of piperazine rings is 1. The van der Waals surface area contributed by atoms with Crippen LogP contribution < -0.4 is 0 Å². The van der Waals surface area contributed by atoms with Gasteiger partial charge in [0.05, 0.1) is 6.10 Å². The van der Waals surface area contributed by atoms with E-state index in [-0.39, 0.29) is 12.1 Å². The molecule has 2 heterocycles. The minimum Gasteiger partial charge on any atom is -0.387 e. The van der Waals surface area contributed by atoms with Gasteiger partial charge in [-0.15, -0.1) is 0 Å². The molecule has 4 heteroatoms. The predicted molar refractivity (Wildman–Crippen MR) is 97.2 cm³/mol. The Balaban J connectivity index is 1.31. The molecule has 0 radical (unpaired) electrons. The number of rotatable bonds is 3. The molecular weight excluding hydrogens is 298 g/mol. The topological polar surface area (TPSA) is 30.0 Å². The molecule has 3 aliphatic rings. The summed E-state index contributed by atoms with van der Waals surface area (Å²) in [5.74, 6) is 0. The highest BCUT2D eigenvalue weighted by atomic mass is 16.3. The summed E-state index contributed by atoms with van der Waals surface area (Å²) in [4.78, 5) is 7.70. The maximum atomic E-state index is 10.7. The average Bonchev–Trinajstić information content (AvgIpc) is 2.95. The van der Waals surface area contributed by atoms with E-state index in [4.69, 9.17) is 0 Å². The van der Waals surface area contributed by atoms with Gasteiger partial charge in [0.2, 0.25) is 0 Å². The number of aliphatic hydroxyl groups excluding tert-OH is 1. The summed E-state index contributed by atoms with van der Waals surface area (Å²) in [7, 11) is 2.28. The van der Waals surface area contributed by atoms with Gasteiger partial charge in [-0.05, 0) is 44.0 Å². The molecule has 132 valence electrons. The number of benzene rings is 1. The second-order valence-electron chi connectivity index (χ2n) is 7.88. The van der Waals surface area contributed by atoms with Crippen molar-refractivity contribution in [2.45, 2.75) is 43.9 Å². The Labute approximate surface area is 146 Å². The van der Waals surface area contributed by atoms with Crippen molar-refractivity contribution < 1.29 is 5.11 Å². The molecule has 1 aromatic carbocycles. The molecule has 3 atom stereocenters. The molecule has 1 aromatic rings. The molecule has 1 N–H and O–H groups in total. The van der Waals surface area contributed by atoms with Gasteiger partial charge in [-0.2, -0.15) is 0 Å². The number of hydrogen-bond acceptors (Lipinski definition) is 4. The van der Waals surface area contributed by atoms with Crippen LogP contribution in [0.1, 0.15) is 36.5 Å². The molecule has 0 saturated carbocycles. The quantitative estimate of drug-likeness (QED) is 0.915. The normalized spacial score (nSPS) is 32.8. The summed E-state index contributed by atoms with van der Waals surface area (Å²) in [6, 6.07) is 9.42. The van der Waals surface area contributed by atoms with Crippen LogP contribution in [0, 0.1) is 0 Å². The second-order valence-corrected chi connectivity index (χ2v) is 7.88. The van der Waals surface area contributed by atoms with E-state index in [2.05, 4.69) is 39.9 Å². The maximum absolute atomic E-state index is 10.7. The Bertz CT molecular complexity index is 556. The molecule has 24 heavy (non-hydrogen) atoms. The third-order valence-electron chi connectivity index (χ3n) is 6.43. The lowest BCUT2D eigenvalue weighted by Gasteiger charge is -2.42. The van der Waals surface area contributed by atoms with Crippen LogP contribution in [0.15, 0.2) is 24.3 Å². The average molecular weight is 329 g/mol. The van der Waals surface area contributed by atoms with Crippen LogP contribution in [-0.4, -0.2) is 78.2 Å². The maximum Gasteiger partial charge on any atom is 0.0951 e. The van der Waals surface area contributed by atoms with E-state index >= 15 is 0 Å². The number of nitrogens with zero attached hydrogens (tertiary/aromatic N) is 3. The number of hydrogen-bond donors (Lipinski definition) is 1. The molecule has 0 aromatic heterocycles. The van der Waals surface area contributed by atoms with Gasteiger partial charge in [0.25, 0.3) is 0 Å². The molecule has 3 unspecified atom stereocenters. The summed E-state index contributed by atoms with van der Waals surface area (Å²) in [6.07, 6.45) is 4.80. The highest BCUT2D eigenvalue weighted by Crippen LogP contribution is 2.34. The van der Waals surface area contributed by atoms with Crippen LogP contribution in [0.25, 0.3) is 0 Å². The fourth-order valence-corrected chi connectivity index (χ4v) is 4.83. The first-order valence-electron chi connectivity index (χ1n) is 9.65. The number of likely N-dealkylation sites (N-methyl/N-ethyl adjacent to an activating group) is 1. The van der Waals surface area contributed by atoms with Crippen molar-refractivity contribution in [3.63, 3.8) is 0 Å². The van der Waals surface area contributed by atoms with Crippen molar-refractivity contribution >= 4 is 0 Å². The van der Waals surface area contributed by atoms with Gasteiger partial charge >= 0.3 is 0 Å². The van der Waals surface area contributed by atoms with E-state index in [9.17, 15) is 5.11 Å². The first-order chi connectivity index (χ1) is 11.7. The molecule has 4 nitrogen and oxygen atoms in total. The van der Waals surface area contributed by atoms with E-state index in [0.717, 1.165) is 44.2 Å². The third kappa shape index (κ3) is 3.25. The Morgan fingerprint density at radius 2 is 1.83 bits per heavy atom. The zero-order valence-electron chi connectivity index (χ0n) is 14.9. The third-order valence-corrected chi connectivity index (χ3v) is 6.43. The molecule has 2 aliphatic heterocycles. The van der Waals surface area contributed by atoms with Crippen molar-refractivity contribution in [3.8, 4) is 0 Å². The lowest BCUT2D eigenvalue weighted by molar-refractivity contribution is 0.0189. The summed E-state index contributed by atoms with van der Waals surface area (Å²) in [6.45, 7) is 6.95. The lowest BCUT2D eigenvalue weighted by atomic mass is 10.0. The molecule has 0 spiro atoms. The van der Waals surface area contributed by atoms with Crippen molar-refractivity contribution in [2.24, 2.45) is 0 Å². The van der Waals surface area contributed by atoms with E-state index < -0.39 is 0 Å².